The molecule has 0 saturated carbocycles. The van der Waals surface area contributed by atoms with Gasteiger partial charge in [0.25, 0.3) is 5.91 Å². The molecule has 134 valence electrons. The fraction of sp³-hybridized carbons (Fsp3) is 0.368. The van der Waals surface area contributed by atoms with E-state index in [1.165, 1.54) is 16.2 Å². The largest absolute Gasteiger partial charge is 0.350 e. The Labute approximate surface area is 157 Å². The van der Waals surface area contributed by atoms with Crippen LogP contribution in [0.2, 0.25) is 0 Å². The highest BCUT2D eigenvalue weighted by molar-refractivity contribution is 7.99. The van der Waals surface area contributed by atoms with Crippen molar-refractivity contribution in [1.82, 2.24) is 5.32 Å². The molecule has 2 amide bonds. The van der Waals surface area contributed by atoms with Crippen molar-refractivity contribution in [3.63, 3.8) is 0 Å². The Kier molecular flexibility index (Phi) is 6.67. The van der Waals surface area contributed by atoms with Crippen LogP contribution in [0.3, 0.4) is 0 Å². The monoisotopic (exact) mass is 376 g/mol. The third-order valence-corrected chi connectivity index (χ3v) is 5.61. The number of aryl methyl sites for hydroxylation is 1. The molecule has 4 nitrogen and oxygen atoms in total. The Balaban J connectivity index is 1.86. The lowest BCUT2D eigenvalue weighted by Gasteiger charge is -2.16. The minimum absolute atomic E-state index is 0.0556. The molecule has 2 aromatic rings. The highest BCUT2D eigenvalue weighted by Gasteiger charge is 2.22. The minimum Gasteiger partial charge on any atom is -0.350 e. The SMILES string of the molecule is Cc1cc(NC(=O)C(C)(C)C)sc1C(=O)NCCSc1ccccc1. The summed E-state index contributed by atoms with van der Waals surface area (Å²) in [5.41, 5.74) is 0.414. The quantitative estimate of drug-likeness (QED) is 0.574. The number of benzene rings is 1. The van der Waals surface area contributed by atoms with Crippen LogP contribution in [0.15, 0.2) is 41.3 Å². The van der Waals surface area contributed by atoms with Crippen molar-refractivity contribution in [2.75, 3.05) is 17.6 Å². The van der Waals surface area contributed by atoms with Crippen molar-refractivity contribution < 1.29 is 9.59 Å². The van der Waals surface area contributed by atoms with Crippen LogP contribution < -0.4 is 10.6 Å². The van der Waals surface area contributed by atoms with E-state index in [0.717, 1.165) is 11.3 Å². The summed E-state index contributed by atoms with van der Waals surface area (Å²) >= 11 is 3.03. The summed E-state index contributed by atoms with van der Waals surface area (Å²) in [5.74, 6) is 0.667. The van der Waals surface area contributed by atoms with Gasteiger partial charge in [-0.05, 0) is 30.7 Å². The third-order valence-electron chi connectivity index (χ3n) is 3.44. The fourth-order valence-electron chi connectivity index (χ4n) is 2.00. The highest BCUT2D eigenvalue weighted by Crippen LogP contribution is 2.28. The van der Waals surface area contributed by atoms with Crippen molar-refractivity contribution in [2.24, 2.45) is 5.41 Å². The standard InChI is InChI=1S/C19H24N2O2S2/c1-13-12-15(21-18(23)19(2,3)4)25-16(13)17(22)20-10-11-24-14-8-6-5-7-9-14/h5-9,12H,10-11H2,1-4H3,(H,20,22)(H,21,23). The van der Waals surface area contributed by atoms with Gasteiger partial charge in [0.05, 0.1) is 9.88 Å². The second-order valence-corrected chi connectivity index (χ2v) is 8.96. The van der Waals surface area contributed by atoms with E-state index in [0.29, 0.717) is 16.4 Å². The van der Waals surface area contributed by atoms with Crippen LogP contribution in [-0.4, -0.2) is 24.1 Å². The van der Waals surface area contributed by atoms with Crippen LogP contribution in [0.25, 0.3) is 0 Å². The van der Waals surface area contributed by atoms with Gasteiger partial charge in [0.15, 0.2) is 0 Å². The minimum atomic E-state index is -0.463. The van der Waals surface area contributed by atoms with E-state index in [9.17, 15) is 9.59 Å². The molecule has 0 radical (unpaired) electrons. The predicted molar refractivity (Wildman–Crippen MR) is 107 cm³/mol. The summed E-state index contributed by atoms with van der Waals surface area (Å²) in [7, 11) is 0. The molecule has 0 unspecified atom stereocenters. The first kappa shape index (κ1) is 19.5. The molecule has 0 atom stereocenters. The van der Waals surface area contributed by atoms with E-state index < -0.39 is 5.41 Å². The molecule has 2 N–H and O–H groups in total. The van der Waals surface area contributed by atoms with E-state index in [2.05, 4.69) is 22.8 Å². The van der Waals surface area contributed by atoms with Crippen LogP contribution in [0.5, 0.6) is 0 Å². The molecule has 1 heterocycles. The molecule has 0 aliphatic rings. The van der Waals surface area contributed by atoms with Crippen LogP contribution >= 0.6 is 23.1 Å². The van der Waals surface area contributed by atoms with Crippen molar-refractivity contribution in [3.8, 4) is 0 Å². The van der Waals surface area contributed by atoms with Crippen molar-refractivity contribution in [3.05, 3.63) is 46.8 Å². The normalized spacial score (nSPS) is 11.2. The van der Waals surface area contributed by atoms with E-state index in [1.807, 2.05) is 52.0 Å². The molecule has 0 aliphatic carbocycles. The third kappa shape index (κ3) is 5.90. The molecule has 0 fully saturated rings. The Hall–Kier alpha value is -1.79. The van der Waals surface area contributed by atoms with Gasteiger partial charge in [-0.3, -0.25) is 9.59 Å². The summed E-state index contributed by atoms with van der Waals surface area (Å²) < 4.78 is 0. The molecule has 1 aromatic heterocycles. The Morgan fingerprint density at radius 1 is 1.16 bits per heavy atom. The van der Waals surface area contributed by atoms with Gasteiger partial charge in [-0.1, -0.05) is 39.0 Å². The lowest BCUT2D eigenvalue weighted by Crippen LogP contribution is -2.27. The Bertz CT molecular complexity index is 734. The van der Waals surface area contributed by atoms with Gasteiger partial charge in [-0.15, -0.1) is 23.1 Å². The summed E-state index contributed by atoms with van der Waals surface area (Å²) in [5, 5.41) is 6.54. The smallest absolute Gasteiger partial charge is 0.261 e. The molecule has 2 rings (SSSR count). The number of nitrogens with one attached hydrogen (secondary N) is 2. The number of hydrogen-bond acceptors (Lipinski definition) is 4. The zero-order valence-electron chi connectivity index (χ0n) is 15.0. The highest BCUT2D eigenvalue weighted by atomic mass is 32.2. The van der Waals surface area contributed by atoms with Crippen molar-refractivity contribution in [2.45, 2.75) is 32.6 Å². The van der Waals surface area contributed by atoms with Gasteiger partial charge >= 0.3 is 0 Å². The number of thiophene rings is 1. The van der Waals surface area contributed by atoms with E-state index >= 15 is 0 Å². The van der Waals surface area contributed by atoms with Crippen LogP contribution in [-0.2, 0) is 4.79 Å². The average molecular weight is 377 g/mol. The second-order valence-electron chi connectivity index (χ2n) is 6.74. The zero-order valence-corrected chi connectivity index (χ0v) is 16.6. The first-order valence-corrected chi connectivity index (χ1v) is 9.95. The number of carbonyl (C=O) groups excluding carboxylic acids is 2. The maximum atomic E-state index is 12.4. The molecule has 0 bridgehead atoms. The van der Waals surface area contributed by atoms with Gasteiger partial charge in [-0.25, -0.2) is 0 Å². The van der Waals surface area contributed by atoms with Crippen LogP contribution in [0.4, 0.5) is 5.00 Å². The Morgan fingerprint density at radius 2 is 1.84 bits per heavy atom. The summed E-state index contributed by atoms with van der Waals surface area (Å²) in [6, 6.07) is 12.0. The molecule has 6 heteroatoms. The first-order valence-electron chi connectivity index (χ1n) is 8.15. The zero-order chi connectivity index (χ0) is 18.4. The summed E-state index contributed by atoms with van der Waals surface area (Å²) in [6.07, 6.45) is 0. The van der Waals surface area contributed by atoms with Crippen molar-refractivity contribution in [1.29, 1.82) is 0 Å². The van der Waals surface area contributed by atoms with Crippen LogP contribution in [0, 0.1) is 12.3 Å². The molecule has 0 spiro atoms. The number of rotatable bonds is 6. The van der Waals surface area contributed by atoms with E-state index in [-0.39, 0.29) is 11.8 Å². The summed E-state index contributed by atoms with van der Waals surface area (Å²) in [6.45, 7) is 8.07. The molecule has 0 aliphatic heterocycles. The number of anilines is 1. The van der Waals surface area contributed by atoms with Gasteiger partial charge in [0, 0.05) is 22.6 Å². The maximum absolute atomic E-state index is 12.4. The molecule has 0 saturated heterocycles. The average Bonchev–Trinajstić information content (AvgIpc) is 2.92. The Morgan fingerprint density at radius 3 is 2.48 bits per heavy atom. The number of carbonyl (C=O) groups is 2. The van der Waals surface area contributed by atoms with Crippen LogP contribution in [0.1, 0.15) is 36.0 Å². The first-order chi connectivity index (χ1) is 11.8. The lowest BCUT2D eigenvalue weighted by atomic mass is 9.96. The molecular weight excluding hydrogens is 352 g/mol. The number of thioether (sulfide) groups is 1. The van der Waals surface area contributed by atoms with E-state index in [1.54, 1.807) is 11.8 Å². The molecular formula is C19H24N2O2S2. The number of amides is 2. The number of hydrogen-bond donors (Lipinski definition) is 2. The van der Waals surface area contributed by atoms with E-state index in [4.69, 9.17) is 0 Å². The topological polar surface area (TPSA) is 58.2 Å². The van der Waals surface area contributed by atoms with Gasteiger partial charge in [0.2, 0.25) is 5.91 Å². The molecule has 1 aromatic carbocycles. The lowest BCUT2D eigenvalue weighted by molar-refractivity contribution is -0.123. The van der Waals surface area contributed by atoms with Gasteiger partial charge in [-0.2, -0.15) is 0 Å². The maximum Gasteiger partial charge on any atom is 0.261 e. The van der Waals surface area contributed by atoms with Gasteiger partial charge in [0.1, 0.15) is 0 Å². The predicted octanol–water partition coefficient (Wildman–Crippen LogP) is 4.56. The van der Waals surface area contributed by atoms with Gasteiger partial charge < -0.3 is 10.6 Å². The molecule has 25 heavy (non-hydrogen) atoms. The summed E-state index contributed by atoms with van der Waals surface area (Å²) in [4.78, 5) is 26.3. The fourth-order valence-corrected chi connectivity index (χ4v) is 3.77. The van der Waals surface area contributed by atoms with Crippen molar-refractivity contribution >= 4 is 39.9 Å². The second kappa shape index (κ2) is 8.54.